The zero-order valence-electron chi connectivity index (χ0n) is 22.3. The van der Waals surface area contributed by atoms with Crippen molar-refractivity contribution in [2.45, 2.75) is 39.5 Å². The summed E-state index contributed by atoms with van der Waals surface area (Å²) in [5.41, 5.74) is 10.2. The van der Waals surface area contributed by atoms with Crippen LogP contribution in [0.5, 0.6) is 0 Å². The third kappa shape index (κ3) is 5.55. The Hall–Kier alpha value is -4.17. The fourth-order valence-electron chi connectivity index (χ4n) is 4.51. The number of nitrogens with zero attached hydrogens (tertiary/aromatic N) is 3. The van der Waals surface area contributed by atoms with Crippen LogP contribution in [-0.4, -0.2) is 31.7 Å². The number of nitrogens with one attached hydrogen (secondary N) is 1. The molecule has 1 heterocycles. The SMILES string of the molecule is Cc1ccc(N(CC(=O)N/N=C/c2cc(C)n(-c3c(C)cccc3C)c2C)S(=O)(=O)c2ccccc2)cc1. The summed E-state index contributed by atoms with van der Waals surface area (Å²) in [4.78, 5) is 13.0. The van der Waals surface area contributed by atoms with Crippen molar-refractivity contribution in [3.8, 4) is 5.69 Å². The van der Waals surface area contributed by atoms with Crippen LogP contribution in [0.1, 0.15) is 33.6 Å². The molecule has 8 heteroatoms. The second kappa shape index (κ2) is 11.1. The summed E-state index contributed by atoms with van der Waals surface area (Å²) in [7, 11) is -3.97. The van der Waals surface area contributed by atoms with Crippen LogP contribution in [0.15, 0.2) is 88.9 Å². The first kappa shape index (κ1) is 26.9. The van der Waals surface area contributed by atoms with Crippen LogP contribution in [-0.2, 0) is 14.8 Å². The maximum atomic E-state index is 13.4. The van der Waals surface area contributed by atoms with E-state index in [0.717, 1.165) is 32.5 Å². The fraction of sp³-hybridized carbons (Fsp3) is 0.200. The normalized spacial score (nSPS) is 11.6. The van der Waals surface area contributed by atoms with E-state index in [0.29, 0.717) is 5.69 Å². The molecule has 1 aromatic heterocycles. The fourth-order valence-corrected chi connectivity index (χ4v) is 5.95. The van der Waals surface area contributed by atoms with E-state index in [9.17, 15) is 13.2 Å². The van der Waals surface area contributed by atoms with Crippen LogP contribution in [0.25, 0.3) is 5.69 Å². The molecule has 1 N–H and O–H groups in total. The minimum Gasteiger partial charge on any atom is -0.317 e. The van der Waals surface area contributed by atoms with Gasteiger partial charge < -0.3 is 4.57 Å². The predicted octanol–water partition coefficient (Wildman–Crippen LogP) is 5.37. The number of aromatic nitrogens is 1. The van der Waals surface area contributed by atoms with Gasteiger partial charge in [0.25, 0.3) is 15.9 Å². The molecule has 196 valence electrons. The van der Waals surface area contributed by atoms with Crippen LogP contribution in [0.4, 0.5) is 5.69 Å². The standard InChI is InChI=1S/C30H32N4O3S/c1-21-14-16-27(17-15-21)33(38(36,37)28-12-7-6-8-13-28)20-29(35)32-31-19-26-18-24(4)34(25(26)5)30-22(2)10-9-11-23(30)3/h6-19H,20H2,1-5H3,(H,32,35)/b31-19+. The molecule has 0 radical (unpaired) electrons. The molecular formula is C30H32N4O3S. The molecule has 3 aromatic carbocycles. The van der Waals surface area contributed by atoms with E-state index in [1.807, 2.05) is 45.0 Å². The van der Waals surface area contributed by atoms with Crippen molar-refractivity contribution in [3.63, 3.8) is 0 Å². The molecule has 38 heavy (non-hydrogen) atoms. The molecule has 0 spiro atoms. The van der Waals surface area contributed by atoms with Gasteiger partial charge in [-0.05, 0) is 76.1 Å². The number of amides is 1. The van der Waals surface area contributed by atoms with Gasteiger partial charge in [0, 0.05) is 17.0 Å². The van der Waals surface area contributed by atoms with E-state index in [1.54, 1.807) is 36.5 Å². The van der Waals surface area contributed by atoms with Crippen LogP contribution in [0.3, 0.4) is 0 Å². The van der Waals surface area contributed by atoms with Gasteiger partial charge in [-0.1, -0.05) is 54.1 Å². The number of anilines is 1. The number of para-hydroxylation sites is 1. The molecule has 4 rings (SSSR count). The highest BCUT2D eigenvalue weighted by molar-refractivity contribution is 7.92. The van der Waals surface area contributed by atoms with Crippen molar-refractivity contribution < 1.29 is 13.2 Å². The molecule has 4 aromatic rings. The Morgan fingerprint density at radius 3 is 2.16 bits per heavy atom. The van der Waals surface area contributed by atoms with Crippen molar-refractivity contribution in [2.75, 3.05) is 10.8 Å². The first-order valence-corrected chi connectivity index (χ1v) is 13.8. The first-order chi connectivity index (χ1) is 18.1. The molecule has 0 atom stereocenters. The second-order valence-corrected chi connectivity index (χ2v) is 11.2. The Kier molecular flexibility index (Phi) is 7.83. The van der Waals surface area contributed by atoms with Gasteiger partial charge in [-0.25, -0.2) is 13.8 Å². The molecule has 0 aliphatic rings. The molecule has 0 saturated carbocycles. The quantitative estimate of drug-likeness (QED) is 0.247. The van der Waals surface area contributed by atoms with Gasteiger partial charge in [-0.3, -0.25) is 9.10 Å². The lowest BCUT2D eigenvalue weighted by atomic mass is 10.1. The van der Waals surface area contributed by atoms with Gasteiger partial charge in [0.2, 0.25) is 0 Å². The smallest absolute Gasteiger partial charge is 0.264 e. The first-order valence-electron chi connectivity index (χ1n) is 12.3. The molecule has 1 amide bonds. The number of aryl methyl sites for hydroxylation is 4. The molecule has 0 saturated heterocycles. The molecule has 0 unspecified atom stereocenters. The third-order valence-corrected chi connectivity index (χ3v) is 8.25. The molecule has 7 nitrogen and oxygen atoms in total. The summed E-state index contributed by atoms with van der Waals surface area (Å²) in [5, 5.41) is 4.15. The zero-order valence-corrected chi connectivity index (χ0v) is 23.1. The van der Waals surface area contributed by atoms with Crippen LogP contribution < -0.4 is 9.73 Å². The van der Waals surface area contributed by atoms with Crippen LogP contribution >= 0.6 is 0 Å². The number of carbonyl (C=O) groups excluding carboxylic acids is 1. The van der Waals surface area contributed by atoms with E-state index in [2.05, 4.69) is 41.1 Å². The summed E-state index contributed by atoms with van der Waals surface area (Å²) < 4.78 is 30.1. The van der Waals surface area contributed by atoms with E-state index < -0.39 is 22.5 Å². The van der Waals surface area contributed by atoms with E-state index >= 15 is 0 Å². The van der Waals surface area contributed by atoms with Crippen molar-refractivity contribution in [3.05, 3.63) is 113 Å². The van der Waals surface area contributed by atoms with Gasteiger partial charge in [0.15, 0.2) is 0 Å². The minimum absolute atomic E-state index is 0.107. The maximum absolute atomic E-state index is 13.4. The van der Waals surface area contributed by atoms with Crippen molar-refractivity contribution >= 4 is 27.8 Å². The Morgan fingerprint density at radius 2 is 1.53 bits per heavy atom. The number of benzene rings is 3. The largest absolute Gasteiger partial charge is 0.317 e. The summed E-state index contributed by atoms with van der Waals surface area (Å²) in [5.74, 6) is -0.551. The highest BCUT2D eigenvalue weighted by Gasteiger charge is 2.27. The number of hydrogen-bond acceptors (Lipinski definition) is 4. The lowest BCUT2D eigenvalue weighted by molar-refractivity contribution is -0.119. The number of sulfonamides is 1. The highest BCUT2D eigenvalue weighted by Crippen LogP contribution is 2.26. The van der Waals surface area contributed by atoms with E-state index in [-0.39, 0.29) is 4.90 Å². The summed E-state index contributed by atoms with van der Waals surface area (Å²) in [6, 6.07) is 23.3. The van der Waals surface area contributed by atoms with Gasteiger partial charge >= 0.3 is 0 Å². The molecule has 0 aliphatic heterocycles. The summed E-state index contributed by atoms with van der Waals surface area (Å²) in [6.07, 6.45) is 1.59. The molecular weight excluding hydrogens is 496 g/mol. The summed E-state index contributed by atoms with van der Waals surface area (Å²) in [6.45, 7) is 9.70. The Labute approximate surface area is 224 Å². The topological polar surface area (TPSA) is 83.8 Å². The Balaban J connectivity index is 1.56. The molecule has 0 bridgehead atoms. The summed E-state index contributed by atoms with van der Waals surface area (Å²) >= 11 is 0. The Morgan fingerprint density at radius 1 is 0.895 bits per heavy atom. The molecule has 0 aliphatic carbocycles. The number of hydrogen-bond donors (Lipinski definition) is 1. The lowest BCUT2D eigenvalue weighted by Gasteiger charge is -2.23. The van der Waals surface area contributed by atoms with Crippen molar-refractivity contribution in [1.29, 1.82) is 0 Å². The highest BCUT2D eigenvalue weighted by atomic mass is 32.2. The second-order valence-electron chi connectivity index (χ2n) is 9.36. The Bertz CT molecular complexity index is 1570. The van der Waals surface area contributed by atoms with Crippen molar-refractivity contribution in [1.82, 2.24) is 9.99 Å². The monoisotopic (exact) mass is 528 g/mol. The predicted molar refractivity (Wildman–Crippen MR) is 153 cm³/mol. The van der Waals surface area contributed by atoms with E-state index in [4.69, 9.17) is 0 Å². The zero-order chi connectivity index (χ0) is 27.4. The van der Waals surface area contributed by atoms with Crippen LogP contribution in [0, 0.1) is 34.6 Å². The number of hydrazone groups is 1. The number of rotatable bonds is 8. The maximum Gasteiger partial charge on any atom is 0.264 e. The van der Waals surface area contributed by atoms with Gasteiger partial charge in [-0.15, -0.1) is 0 Å². The van der Waals surface area contributed by atoms with Gasteiger partial charge in [-0.2, -0.15) is 5.10 Å². The average molecular weight is 529 g/mol. The molecule has 0 fully saturated rings. The number of carbonyl (C=O) groups is 1. The minimum atomic E-state index is -3.97. The van der Waals surface area contributed by atoms with Gasteiger partial charge in [0.05, 0.1) is 22.5 Å². The van der Waals surface area contributed by atoms with Crippen molar-refractivity contribution in [2.24, 2.45) is 5.10 Å². The van der Waals surface area contributed by atoms with Crippen LogP contribution in [0.2, 0.25) is 0 Å². The lowest BCUT2D eigenvalue weighted by Crippen LogP contribution is -2.39. The average Bonchev–Trinajstić information content (AvgIpc) is 3.16. The third-order valence-electron chi connectivity index (χ3n) is 6.47. The van der Waals surface area contributed by atoms with E-state index in [1.165, 1.54) is 23.3 Å². The van der Waals surface area contributed by atoms with Gasteiger partial charge in [0.1, 0.15) is 6.54 Å².